The topological polar surface area (TPSA) is 47.6 Å². The fourth-order valence-corrected chi connectivity index (χ4v) is 2.13. The summed E-state index contributed by atoms with van der Waals surface area (Å²) >= 11 is 0. The first kappa shape index (κ1) is 13.2. The average molecular weight is 249 g/mol. The Morgan fingerprint density at radius 2 is 2.17 bits per heavy atom. The minimum absolute atomic E-state index is 0.0707. The lowest BCUT2D eigenvalue weighted by Crippen LogP contribution is -2.22. The first-order valence-corrected chi connectivity index (χ1v) is 6.12. The maximum absolute atomic E-state index is 12.0. The molecule has 1 fully saturated rings. The molecular weight excluding hydrogens is 230 g/mol. The number of carbonyl (C=O) groups excluding carboxylic acids is 1. The summed E-state index contributed by atoms with van der Waals surface area (Å²) in [6.07, 6.45) is -0.169. The number of hydrogen-bond acceptors (Lipinski definition) is 4. The summed E-state index contributed by atoms with van der Waals surface area (Å²) in [7, 11) is 1.76. The molecule has 1 aromatic rings. The lowest BCUT2D eigenvalue weighted by Gasteiger charge is -2.18. The number of benzene rings is 1. The van der Waals surface area contributed by atoms with Crippen LogP contribution in [0.1, 0.15) is 35.9 Å². The summed E-state index contributed by atoms with van der Waals surface area (Å²) in [5.74, 6) is -0.509. The van der Waals surface area contributed by atoms with Crippen molar-refractivity contribution in [2.24, 2.45) is 0 Å². The van der Waals surface area contributed by atoms with E-state index in [1.807, 2.05) is 38.1 Å². The van der Waals surface area contributed by atoms with E-state index in [1.54, 1.807) is 7.05 Å². The molecule has 0 bridgehead atoms. The van der Waals surface area contributed by atoms with Gasteiger partial charge in [0.1, 0.15) is 6.10 Å². The zero-order valence-corrected chi connectivity index (χ0v) is 11.0. The van der Waals surface area contributed by atoms with E-state index in [0.717, 1.165) is 5.56 Å². The monoisotopic (exact) mass is 249 g/mol. The number of likely N-dealkylation sites (N-methyl/N-ethyl adjacent to an activating group) is 1. The number of hydrogen-bond donors (Lipinski definition) is 1. The fourth-order valence-electron chi connectivity index (χ4n) is 2.13. The molecule has 0 aromatic heterocycles. The van der Waals surface area contributed by atoms with Gasteiger partial charge in [0.15, 0.2) is 11.6 Å². The second kappa shape index (κ2) is 5.18. The molecule has 2 rings (SSSR count). The molecule has 0 spiro atoms. The van der Waals surface area contributed by atoms with Gasteiger partial charge in [-0.2, -0.15) is 0 Å². The Labute approximate surface area is 107 Å². The van der Waals surface area contributed by atoms with Crippen molar-refractivity contribution in [2.75, 3.05) is 20.2 Å². The average Bonchev–Trinajstić information content (AvgIpc) is 2.70. The second-order valence-corrected chi connectivity index (χ2v) is 4.86. The highest BCUT2D eigenvalue weighted by atomic mass is 16.7. The maximum Gasteiger partial charge on any atom is 0.176 e. The number of ketones is 1. The second-order valence-electron chi connectivity index (χ2n) is 4.86. The number of Topliss-reactive ketones (excluding diaryl/α,β-unsaturated/α-hetero) is 1. The molecule has 1 aliphatic rings. The summed E-state index contributed by atoms with van der Waals surface area (Å²) in [6, 6.07) is 7.55. The van der Waals surface area contributed by atoms with E-state index in [4.69, 9.17) is 9.47 Å². The van der Waals surface area contributed by atoms with Crippen LogP contribution in [0.2, 0.25) is 0 Å². The summed E-state index contributed by atoms with van der Waals surface area (Å²) < 4.78 is 11.4. The van der Waals surface area contributed by atoms with Crippen molar-refractivity contribution in [3.63, 3.8) is 0 Å². The maximum atomic E-state index is 12.0. The smallest absolute Gasteiger partial charge is 0.176 e. The predicted molar refractivity (Wildman–Crippen MR) is 68.6 cm³/mol. The highest BCUT2D eigenvalue weighted by Crippen LogP contribution is 2.34. The lowest BCUT2D eigenvalue weighted by molar-refractivity contribution is -0.139. The molecule has 1 aliphatic heterocycles. The molecule has 0 amide bonds. The van der Waals surface area contributed by atoms with Crippen molar-refractivity contribution >= 4 is 5.78 Å². The van der Waals surface area contributed by atoms with E-state index in [2.05, 4.69) is 5.32 Å². The van der Waals surface area contributed by atoms with Gasteiger partial charge in [-0.05, 0) is 26.5 Å². The Morgan fingerprint density at radius 1 is 1.44 bits per heavy atom. The van der Waals surface area contributed by atoms with E-state index in [9.17, 15) is 4.79 Å². The van der Waals surface area contributed by atoms with Crippen LogP contribution in [0.5, 0.6) is 0 Å². The Kier molecular flexibility index (Phi) is 3.80. The zero-order chi connectivity index (χ0) is 13.2. The SMILES string of the molecule is CNCC(=O)c1ccccc1C1COC(C)(C)O1. The Hall–Kier alpha value is -1.23. The van der Waals surface area contributed by atoms with Gasteiger partial charge in [0.25, 0.3) is 0 Å². The molecule has 4 nitrogen and oxygen atoms in total. The van der Waals surface area contributed by atoms with Crippen LogP contribution in [-0.2, 0) is 9.47 Å². The zero-order valence-electron chi connectivity index (χ0n) is 11.0. The minimum atomic E-state index is -0.580. The van der Waals surface area contributed by atoms with Gasteiger partial charge >= 0.3 is 0 Å². The summed E-state index contributed by atoms with van der Waals surface area (Å²) in [4.78, 5) is 12.0. The van der Waals surface area contributed by atoms with Crippen LogP contribution in [0.4, 0.5) is 0 Å². The highest BCUT2D eigenvalue weighted by molar-refractivity contribution is 5.99. The lowest BCUT2D eigenvalue weighted by atomic mass is 9.99. The van der Waals surface area contributed by atoms with Gasteiger partial charge in [0.2, 0.25) is 0 Å². The van der Waals surface area contributed by atoms with Crippen LogP contribution in [0.3, 0.4) is 0 Å². The van der Waals surface area contributed by atoms with Crippen LogP contribution in [-0.4, -0.2) is 31.8 Å². The van der Waals surface area contributed by atoms with Crippen molar-refractivity contribution in [1.82, 2.24) is 5.32 Å². The van der Waals surface area contributed by atoms with Crippen molar-refractivity contribution in [3.05, 3.63) is 35.4 Å². The number of ether oxygens (including phenoxy) is 2. The van der Waals surface area contributed by atoms with Gasteiger partial charge in [-0.1, -0.05) is 24.3 Å². The molecule has 1 atom stereocenters. The Morgan fingerprint density at radius 3 is 2.78 bits per heavy atom. The molecule has 1 saturated heterocycles. The summed E-state index contributed by atoms with van der Waals surface area (Å²) in [5, 5.41) is 2.88. The van der Waals surface area contributed by atoms with E-state index in [0.29, 0.717) is 18.7 Å². The van der Waals surface area contributed by atoms with E-state index < -0.39 is 5.79 Å². The third-order valence-electron chi connectivity index (χ3n) is 2.95. The molecule has 1 N–H and O–H groups in total. The Bertz CT molecular complexity index is 442. The molecule has 0 saturated carbocycles. The van der Waals surface area contributed by atoms with Crippen LogP contribution < -0.4 is 5.32 Å². The molecule has 4 heteroatoms. The van der Waals surface area contributed by atoms with E-state index in [1.165, 1.54) is 0 Å². The molecule has 98 valence electrons. The van der Waals surface area contributed by atoms with Crippen molar-refractivity contribution in [1.29, 1.82) is 0 Å². The molecule has 0 radical (unpaired) electrons. The third-order valence-corrected chi connectivity index (χ3v) is 2.95. The minimum Gasteiger partial charge on any atom is -0.347 e. The van der Waals surface area contributed by atoms with Crippen molar-refractivity contribution < 1.29 is 14.3 Å². The van der Waals surface area contributed by atoms with Crippen LogP contribution >= 0.6 is 0 Å². The molecule has 1 aromatic carbocycles. The predicted octanol–water partition coefficient (Wildman–Crippen LogP) is 1.91. The molecule has 0 aliphatic carbocycles. The van der Waals surface area contributed by atoms with Gasteiger partial charge in [-0.25, -0.2) is 0 Å². The molecular formula is C14H19NO3. The van der Waals surface area contributed by atoms with Crippen molar-refractivity contribution in [2.45, 2.75) is 25.7 Å². The van der Waals surface area contributed by atoms with Gasteiger partial charge in [-0.3, -0.25) is 4.79 Å². The van der Waals surface area contributed by atoms with Gasteiger partial charge in [0, 0.05) is 5.56 Å². The van der Waals surface area contributed by atoms with Crippen molar-refractivity contribution in [3.8, 4) is 0 Å². The molecule has 18 heavy (non-hydrogen) atoms. The van der Waals surface area contributed by atoms with E-state index in [-0.39, 0.29) is 11.9 Å². The first-order valence-electron chi connectivity index (χ1n) is 6.12. The first-order chi connectivity index (χ1) is 8.53. The normalized spacial score (nSPS) is 22.1. The molecule has 1 unspecified atom stereocenters. The van der Waals surface area contributed by atoms with Crippen LogP contribution in [0, 0.1) is 0 Å². The van der Waals surface area contributed by atoms with Gasteiger partial charge < -0.3 is 14.8 Å². The van der Waals surface area contributed by atoms with Crippen LogP contribution in [0.25, 0.3) is 0 Å². The standard InChI is InChI=1S/C14H19NO3/c1-14(2)17-9-13(18-14)11-7-5-4-6-10(11)12(16)8-15-3/h4-7,13,15H,8-9H2,1-3H3. The number of carbonyl (C=O) groups is 1. The molecule has 1 heterocycles. The van der Waals surface area contributed by atoms with E-state index >= 15 is 0 Å². The van der Waals surface area contributed by atoms with Gasteiger partial charge in [-0.15, -0.1) is 0 Å². The number of rotatable bonds is 4. The Balaban J connectivity index is 2.26. The fraction of sp³-hybridized carbons (Fsp3) is 0.500. The van der Waals surface area contributed by atoms with Gasteiger partial charge in [0.05, 0.1) is 13.2 Å². The van der Waals surface area contributed by atoms with Crippen LogP contribution in [0.15, 0.2) is 24.3 Å². The summed E-state index contributed by atoms with van der Waals surface area (Å²) in [5.41, 5.74) is 1.61. The quantitative estimate of drug-likeness (QED) is 0.828. The number of nitrogens with one attached hydrogen (secondary N) is 1. The summed E-state index contributed by atoms with van der Waals surface area (Å²) in [6.45, 7) is 4.57. The highest BCUT2D eigenvalue weighted by Gasteiger charge is 2.35. The largest absolute Gasteiger partial charge is 0.347 e. The third kappa shape index (κ3) is 2.77.